The fraction of sp³-hybridized carbons (Fsp3) is 0.333. The minimum Gasteiger partial charge on any atom is -0.319 e. The van der Waals surface area contributed by atoms with Gasteiger partial charge in [0.1, 0.15) is 0 Å². The lowest BCUT2D eigenvalue weighted by Gasteiger charge is -2.14. The van der Waals surface area contributed by atoms with Crippen molar-refractivity contribution in [2.45, 2.75) is 18.9 Å². The van der Waals surface area contributed by atoms with Crippen molar-refractivity contribution >= 4 is 0 Å². The predicted molar refractivity (Wildman–Crippen MR) is 44.6 cm³/mol. The van der Waals surface area contributed by atoms with E-state index in [-0.39, 0.29) is 5.54 Å². The van der Waals surface area contributed by atoms with E-state index in [1.807, 2.05) is 31.2 Å². The Hall–Kier alpha value is -0.820. The summed E-state index contributed by atoms with van der Waals surface area (Å²) >= 11 is 0. The Bertz CT molecular complexity index is 185. The first-order valence-electron chi connectivity index (χ1n) is 3.52. The van der Waals surface area contributed by atoms with Crippen LogP contribution < -0.4 is 5.73 Å². The molecule has 0 bridgehead atoms. The maximum absolute atomic E-state index is 5.84. The quantitative estimate of drug-likeness (QED) is 0.503. The molecule has 1 unspecified atom stereocenters. The second kappa shape index (κ2) is 2.84. The highest BCUT2D eigenvalue weighted by atomic mass is 14.7. The lowest BCUT2D eigenvalue weighted by atomic mass is 10.0. The number of hydrogen-bond acceptors (Lipinski definition) is 1. The van der Waals surface area contributed by atoms with E-state index >= 15 is 0 Å². The molecule has 1 heteroatoms. The van der Waals surface area contributed by atoms with Crippen LogP contribution in [0.1, 0.15) is 13.3 Å². The Morgan fingerprint density at radius 1 is 1.20 bits per heavy atom. The molecule has 0 aromatic rings. The number of allylic oxidation sites excluding steroid dienone is 4. The van der Waals surface area contributed by atoms with Crippen LogP contribution in [-0.4, -0.2) is 5.54 Å². The van der Waals surface area contributed by atoms with Gasteiger partial charge < -0.3 is 5.73 Å². The van der Waals surface area contributed by atoms with Crippen molar-refractivity contribution < 1.29 is 0 Å². The molecule has 2 N–H and O–H groups in total. The highest BCUT2D eigenvalue weighted by Gasteiger charge is 2.07. The van der Waals surface area contributed by atoms with Crippen molar-refractivity contribution in [2.75, 3.05) is 0 Å². The van der Waals surface area contributed by atoms with E-state index < -0.39 is 0 Å². The number of rotatable bonds is 0. The van der Waals surface area contributed by atoms with Gasteiger partial charge >= 0.3 is 0 Å². The monoisotopic (exact) mass is 135 g/mol. The van der Waals surface area contributed by atoms with Crippen molar-refractivity contribution in [3.05, 3.63) is 36.5 Å². The largest absolute Gasteiger partial charge is 0.319 e. The SMILES string of the molecule is CC1(N)C=CC=CCC=C1. The van der Waals surface area contributed by atoms with Gasteiger partial charge in [-0.3, -0.25) is 0 Å². The van der Waals surface area contributed by atoms with Gasteiger partial charge in [-0.2, -0.15) is 0 Å². The molecule has 0 amide bonds. The molecule has 0 spiro atoms. The molecule has 0 radical (unpaired) electrons. The lowest BCUT2D eigenvalue weighted by molar-refractivity contribution is 0.731. The molecule has 0 heterocycles. The molecule has 1 aliphatic rings. The summed E-state index contributed by atoms with van der Waals surface area (Å²) in [4.78, 5) is 0. The highest BCUT2D eigenvalue weighted by Crippen LogP contribution is 2.06. The zero-order valence-corrected chi connectivity index (χ0v) is 6.25. The Balaban J connectivity index is 2.78. The van der Waals surface area contributed by atoms with E-state index in [0.29, 0.717) is 0 Å². The van der Waals surface area contributed by atoms with Gasteiger partial charge in [-0.15, -0.1) is 0 Å². The first-order chi connectivity index (χ1) is 4.71. The number of nitrogens with two attached hydrogens (primary N) is 1. The van der Waals surface area contributed by atoms with Crippen molar-refractivity contribution in [1.82, 2.24) is 0 Å². The summed E-state index contributed by atoms with van der Waals surface area (Å²) in [6, 6.07) is 0. The summed E-state index contributed by atoms with van der Waals surface area (Å²) < 4.78 is 0. The maximum Gasteiger partial charge on any atom is 0.0499 e. The summed E-state index contributed by atoms with van der Waals surface area (Å²) in [5.74, 6) is 0. The molecule has 1 rings (SSSR count). The van der Waals surface area contributed by atoms with Gasteiger partial charge in [-0.05, 0) is 13.3 Å². The lowest BCUT2D eigenvalue weighted by Crippen LogP contribution is -2.30. The van der Waals surface area contributed by atoms with Crippen LogP contribution in [0.4, 0.5) is 0 Å². The summed E-state index contributed by atoms with van der Waals surface area (Å²) in [5.41, 5.74) is 5.58. The number of hydrogen-bond donors (Lipinski definition) is 1. The third-order valence-electron chi connectivity index (χ3n) is 1.45. The maximum atomic E-state index is 5.84. The van der Waals surface area contributed by atoms with Gasteiger partial charge in [-0.25, -0.2) is 0 Å². The summed E-state index contributed by atoms with van der Waals surface area (Å²) in [6.07, 6.45) is 13.2. The minimum atomic E-state index is -0.259. The molecule has 0 saturated heterocycles. The van der Waals surface area contributed by atoms with Crippen LogP contribution in [0.2, 0.25) is 0 Å². The molecule has 0 saturated carbocycles. The van der Waals surface area contributed by atoms with E-state index in [1.54, 1.807) is 0 Å². The van der Waals surface area contributed by atoms with Gasteiger partial charge in [0.25, 0.3) is 0 Å². The fourth-order valence-electron chi connectivity index (χ4n) is 0.876. The molecular weight excluding hydrogens is 122 g/mol. The smallest absolute Gasteiger partial charge is 0.0499 e. The van der Waals surface area contributed by atoms with Gasteiger partial charge in [0.2, 0.25) is 0 Å². The molecule has 0 aliphatic heterocycles. The van der Waals surface area contributed by atoms with Crippen LogP contribution in [0.15, 0.2) is 36.5 Å². The van der Waals surface area contributed by atoms with Gasteiger partial charge in [0.05, 0.1) is 0 Å². The molecule has 1 atom stereocenters. The Labute approximate surface area is 61.9 Å². The Morgan fingerprint density at radius 2 is 2.00 bits per heavy atom. The summed E-state index contributed by atoms with van der Waals surface area (Å²) in [7, 11) is 0. The van der Waals surface area contributed by atoms with Gasteiger partial charge in [0, 0.05) is 5.54 Å². The molecular formula is C9H13N. The van der Waals surface area contributed by atoms with Crippen LogP contribution in [0.3, 0.4) is 0 Å². The fourth-order valence-corrected chi connectivity index (χ4v) is 0.876. The van der Waals surface area contributed by atoms with Gasteiger partial charge in [0.15, 0.2) is 0 Å². The Kier molecular flexibility index (Phi) is 2.07. The standard InChI is InChI=1S/C9H13N/c1-9(10)7-5-3-2-4-6-8-9/h2-3,5-8H,4,10H2,1H3. The topological polar surface area (TPSA) is 26.0 Å². The molecule has 54 valence electrons. The van der Waals surface area contributed by atoms with Crippen LogP contribution in [0.5, 0.6) is 0 Å². The van der Waals surface area contributed by atoms with Crippen molar-refractivity contribution in [2.24, 2.45) is 5.73 Å². The molecule has 0 fully saturated rings. The van der Waals surface area contributed by atoms with E-state index in [1.165, 1.54) is 0 Å². The van der Waals surface area contributed by atoms with Crippen molar-refractivity contribution in [3.8, 4) is 0 Å². The second-order valence-electron chi connectivity index (χ2n) is 2.79. The van der Waals surface area contributed by atoms with Gasteiger partial charge in [-0.1, -0.05) is 36.5 Å². The predicted octanol–water partition coefficient (Wildman–Crippen LogP) is 1.78. The molecule has 1 nitrogen and oxygen atoms in total. The second-order valence-corrected chi connectivity index (χ2v) is 2.79. The normalized spacial score (nSPS) is 31.8. The van der Waals surface area contributed by atoms with Crippen LogP contribution in [0, 0.1) is 0 Å². The molecule has 0 aromatic heterocycles. The van der Waals surface area contributed by atoms with Crippen LogP contribution in [0.25, 0.3) is 0 Å². The highest BCUT2D eigenvalue weighted by molar-refractivity contribution is 5.21. The van der Waals surface area contributed by atoms with Crippen molar-refractivity contribution in [1.29, 1.82) is 0 Å². The molecule has 0 aromatic carbocycles. The zero-order chi connectivity index (χ0) is 7.45. The van der Waals surface area contributed by atoms with E-state index in [4.69, 9.17) is 5.73 Å². The van der Waals surface area contributed by atoms with Crippen LogP contribution in [-0.2, 0) is 0 Å². The Morgan fingerprint density at radius 3 is 2.80 bits per heavy atom. The van der Waals surface area contributed by atoms with E-state index in [2.05, 4.69) is 12.2 Å². The summed E-state index contributed by atoms with van der Waals surface area (Å²) in [6.45, 7) is 1.99. The van der Waals surface area contributed by atoms with E-state index in [0.717, 1.165) is 6.42 Å². The third-order valence-corrected chi connectivity index (χ3v) is 1.45. The average molecular weight is 135 g/mol. The van der Waals surface area contributed by atoms with Crippen LogP contribution >= 0.6 is 0 Å². The summed E-state index contributed by atoms with van der Waals surface area (Å²) in [5, 5.41) is 0. The zero-order valence-electron chi connectivity index (χ0n) is 6.25. The average Bonchev–Trinajstić information content (AvgIpc) is 1.81. The van der Waals surface area contributed by atoms with E-state index in [9.17, 15) is 0 Å². The first kappa shape index (κ1) is 7.29. The van der Waals surface area contributed by atoms with Crippen molar-refractivity contribution in [3.63, 3.8) is 0 Å². The third kappa shape index (κ3) is 2.19. The minimum absolute atomic E-state index is 0.259. The molecule has 1 aliphatic carbocycles. The molecule has 10 heavy (non-hydrogen) atoms. The first-order valence-corrected chi connectivity index (χ1v) is 3.52.